The van der Waals surface area contributed by atoms with Gasteiger partial charge >= 0.3 is 5.97 Å². The van der Waals surface area contributed by atoms with Gasteiger partial charge in [-0.25, -0.2) is 4.98 Å². The third-order valence-electron chi connectivity index (χ3n) is 1.73. The van der Waals surface area contributed by atoms with E-state index in [0.29, 0.717) is 11.6 Å². The van der Waals surface area contributed by atoms with Gasteiger partial charge in [0.2, 0.25) is 5.88 Å². The lowest BCUT2D eigenvalue weighted by Crippen LogP contribution is -2.16. The van der Waals surface area contributed by atoms with Gasteiger partial charge in [0.05, 0.1) is 25.3 Å². The molecule has 0 saturated carbocycles. The average molecular weight is 196 g/mol. The Morgan fingerprint density at radius 3 is 3.00 bits per heavy atom. The number of carboxylic acids is 1. The van der Waals surface area contributed by atoms with E-state index in [1.165, 1.54) is 7.11 Å². The number of ether oxygens (including phenoxy) is 1. The first-order chi connectivity index (χ1) is 6.63. The van der Waals surface area contributed by atoms with E-state index in [4.69, 9.17) is 15.6 Å². The molecule has 3 N–H and O–H groups in total. The minimum Gasteiger partial charge on any atom is -0.481 e. The van der Waals surface area contributed by atoms with Crippen LogP contribution in [0.1, 0.15) is 18.2 Å². The highest BCUT2D eigenvalue weighted by Crippen LogP contribution is 2.14. The van der Waals surface area contributed by atoms with Gasteiger partial charge in [0.15, 0.2) is 0 Å². The van der Waals surface area contributed by atoms with Crippen LogP contribution in [0, 0.1) is 0 Å². The van der Waals surface area contributed by atoms with Crippen LogP contribution in [-0.2, 0) is 4.79 Å². The SMILES string of the molecule is COc1cccc(C(N)CC(=O)O)n1. The van der Waals surface area contributed by atoms with Crippen LogP contribution in [0.5, 0.6) is 5.88 Å². The fourth-order valence-electron chi connectivity index (χ4n) is 1.04. The lowest BCUT2D eigenvalue weighted by Gasteiger charge is -2.08. The first-order valence-corrected chi connectivity index (χ1v) is 4.12. The Hall–Kier alpha value is -1.62. The maximum atomic E-state index is 10.4. The molecule has 5 heteroatoms. The standard InChI is InChI=1S/C9H12N2O3/c1-14-8-4-2-3-7(11-8)6(10)5-9(12)13/h2-4,6H,5,10H2,1H3,(H,12,13). The number of hydrogen-bond donors (Lipinski definition) is 2. The molecule has 1 heterocycles. The molecule has 1 unspecified atom stereocenters. The molecule has 0 aliphatic carbocycles. The molecule has 0 radical (unpaired) electrons. The van der Waals surface area contributed by atoms with Crippen LogP contribution in [-0.4, -0.2) is 23.2 Å². The van der Waals surface area contributed by atoms with Crippen molar-refractivity contribution in [2.45, 2.75) is 12.5 Å². The van der Waals surface area contributed by atoms with Crippen LogP contribution in [0.4, 0.5) is 0 Å². The average Bonchev–Trinajstić information content (AvgIpc) is 2.17. The normalized spacial score (nSPS) is 12.1. The van der Waals surface area contributed by atoms with Crippen molar-refractivity contribution >= 4 is 5.97 Å². The predicted molar refractivity (Wildman–Crippen MR) is 50.0 cm³/mol. The highest BCUT2D eigenvalue weighted by Gasteiger charge is 2.12. The van der Waals surface area contributed by atoms with E-state index in [-0.39, 0.29) is 6.42 Å². The summed E-state index contributed by atoms with van der Waals surface area (Å²) in [5, 5.41) is 8.53. The third-order valence-corrected chi connectivity index (χ3v) is 1.73. The van der Waals surface area contributed by atoms with E-state index in [9.17, 15) is 4.79 Å². The van der Waals surface area contributed by atoms with E-state index in [0.717, 1.165) is 0 Å². The monoisotopic (exact) mass is 196 g/mol. The lowest BCUT2D eigenvalue weighted by atomic mass is 10.1. The van der Waals surface area contributed by atoms with Crippen LogP contribution in [0.25, 0.3) is 0 Å². The molecule has 76 valence electrons. The van der Waals surface area contributed by atoms with Gasteiger partial charge in [-0.15, -0.1) is 0 Å². The second kappa shape index (κ2) is 4.57. The molecule has 0 aliphatic heterocycles. The Balaban J connectivity index is 2.78. The van der Waals surface area contributed by atoms with Gasteiger partial charge in [0, 0.05) is 6.07 Å². The summed E-state index contributed by atoms with van der Waals surface area (Å²) >= 11 is 0. The third kappa shape index (κ3) is 2.70. The Morgan fingerprint density at radius 1 is 1.71 bits per heavy atom. The molecule has 0 bridgehead atoms. The summed E-state index contributed by atoms with van der Waals surface area (Å²) in [4.78, 5) is 14.4. The van der Waals surface area contributed by atoms with Crippen molar-refractivity contribution in [3.05, 3.63) is 23.9 Å². The van der Waals surface area contributed by atoms with Crippen molar-refractivity contribution in [3.8, 4) is 5.88 Å². The van der Waals surface area contributed by atoms with Gasteiger partial charge in [-0.3, -0.25) is 4.79 Å². The van der Waals surface area contributed by atoms with E-state index >= 15 is 0 Å². The lowest BCUT2D eigenvalue weighted by molar-refractivity contribution is -0.137. The van der Waals surface area contributed by atoms with Gasteiger partial charge in [-0.1, -0.05) is 6.07 Å². The highest BCUT2D eigenvalue weighted by atomic mass is 16.5. The number of nitrogens with two attached hydrogens (primary N) is 1. The van der Waals surface area contributed by atoms with Gasteiger partial charge in [-0.05, 0) is 6.07 Å². The van der Waals surface area contributed by atoms with Crippen molar-refractivity contribution in [1.29, 1.82) is 0 Å². The minimum atomic E-state index is -0.942. The van der Waals surface area contributed by atoms with Crippen molar-refractivity contribution in [3.63, 3.8) is 0 Å². The Labute approximate surface area is 81.5 Å². The molecule has 1 aromatic rings. The zero-order chi connectivity index (χ0) is 10.6. The number of aliphatic carboxylic acids is 1. The summed E-state index contributed by atoms with van der Waals surface area (Å²) in [6.07, 6.45) is -0.139. The number of nitrogens with zero attached hydrogens (tertiary/aromatic N) is 1. The second-order valence-electron chi connectivity index (χ2n) is 2.81. The molecular weight excluding hydrogens is 184 g/mol. The summed E-state index contributed by atoms with van der Waals surface area (Å²) in [7, 11) is 1.49. The molecule has 5 nitrogen and oxygen atoms in total. The van der Waals surface area contributed by atoms with Crippen molar-refractivity contribution in [2.24, 2.45) is 5.73 Å². The van der Waals surface area contributed by atoms with E-state index < -0.39 is 12.0 Å². The zero-order valence-electron chi connectivity index (χ0n) is 7.80. The van der Waals surface area contributed by atoms with Gasteiger partial charge in [0.25, 0.3) is 0 Å². The molecule has 0 aromatic carbocycles. The van der Waals surface area contributed by atoms with Gasteiger partial charge in [-0.2, -0.15) is 0 Å². The number of pyridine rings is 1. The first-order valence-electron chi connectivity index (χ1n) is 4.12. The summed E-state index contributed by atoms with van der Waals surface area (Å²) in [5.74, 6) is -0.509. The number of carboxylic acid groups (broad SMARTS) is 1. The molecule has 0 amide bonds. The van der Waals surface area contributed by atoms with E-state index in [2.05, 4.69) is 4.98 Å². The highest BCUT2D eigenvalue weighted by molar-refractivity contribution is 5.67. The van der Waals surface area contributed by atoms with E-state index in [1.54, 1.807) is 18.2 Å². The molecule has 1 aromatic heterocycles. The summed E-state index contributed by atoms with van der Waals surface area (Å²) < 4.78 is 4.90. The van der Waals surface area contributed by atoms with Crippen LogP contribution in [0.3, 0.4) is 0 Å². The Bertz CT molecular complexity index is 328. The fourth-order valence-corrected chi connectivity index (χ4v) is 1.04. The summed E-state index contributed by atoms with van der Waals surface area (Å²) in [6, 6.07) is 4.48. The van der Waals surface area contributed by atoms with E-state index in [1.807, 2.05) is 0 Å². The Morgan fingerprint density at radius 2 is 2.43 bits per heavy atom. The van der Waals surface area contributed by atoms with Crippen LogP contribution in [0.2, 0.25) is 0 Å². The van der Waals surface area contributed by atoms with Crippen molar-refractivity contribution < 1.29 is 14.6 Å². The molecule has 14 heavy (non-hydrogen) atoms. The molecule has 0 fully saturated rings. The van der Waals surface area contributed by atoms with Crippen molar-refractivity contribution in [1.82, 2.24) is 4.98 Å². The summed E-state index contributed by atoms with van der Waals surface area (Å²) in [5.41, 5.74) is 6.14. The molecular formula is C9H12N2O3. The van der Waals surface area contributed by atoms with Crippen molar-refractivity contribution in [2.75, 3.05) is 7.11 Å². The van der Waals surface area contributed by atoms with Crippen LogP contribution >= 0.6 is 0 Å². The number of carbonyl (C=O) groups is 1. The second-order valence-corrected chi connectivity index (χ2v) is 2.81. The molecule has 0 saturated heterocycles. The number of methoxy groups -OCH3 is 1. The predicted octanol–water partition coefficient (Wildman–Crippen LogP) is 0.565. The molecule has 0 aliphatic rings. The fraction of sp³-hybridized carbons (Fsp3) is 0.333. The maximum absolute atomic E-state index is 10.4. The number of aromatic nitrogens is 1. The maximum Gasteiger partial charge on any atom is 0.305 e. The zero-order valence-corrected chi connectivity index (χ0v) is 7.80. The molecule has 0 spiro atoms. The van der Waals surface area contributed by atoms with Crippen LogP contribution in [0.15, 0.2) is 18.2 Å². The van der Waals surface area contributed by atoms with Gasteiger partial charge < -0.3 is 15.6 Å². The minimum absolute atomic E-state index is 0.139. The number of rotatable bonds is 4. The topological polar surface area (TPSA) is 85.4 Å². The smallest absolute Gasteiger partial charge is 0.305 e. The Kier molecular flexibility index (Phi) is 3.41. The van der Waals surface area contributed by atoms with Gasteiger partial charge in [0.1, 0.15) is 0 Å². The van der Waals surface area contributed by atoms with Crippen LogP contribution < -0.4 is 10.5 Å². The molecule has 1 atom stereocenters. The quantitative estimate of drug-likeness (QED) is 0.735. The largest absolute Gasteiger partial charge is 0.481 e. The summed E-state index contributed by atoms with van der Waals surface area (Å²) in [6.45, 7) is 0. The number of hydrogen-bond acceptors (Lipinski definition) is 4. The molecule has 1 rings (SSSR count). The first kappa shape index (κ1) is 10.5.